The van der Waals surface area contributed by atoms with Crippen molar-refractivity contribution in [3.05, 3.63) is 28.3 Å². The van der Waals surface area contributed by atoms with Crippen molar-refractivity contribution < 1.29 is 19.1 Å². The molecule has 1 aromatic rings. The monoisotopic (exact) mass is 236 g/mol. The number of rotatable bonds is 4. The van der Waals surface area contributed by atoms with Crippen LogP contribution in [-0.2, 0) is 16.0 Å². The summed E-state index contributed by atoms with van der Waals surface area (Å²) in [6.45, 7) is 3.69. The van der Waals surface area contributed by atoms with Crippen molar-refractivity contribution in [3.63, 3.8) is 0 Å². The van der Waals surface area contributed by atoms with Crippen molar-refractivity contribution in [2.75, 3.05) is 14.2 Å². The highest BCUT2D eigenvalue weighted by Gasteiger charge is 2.16. The summed E-state index contributed by atoms with van der Waals surface area (Å²) in [7, 11) is 2.86. The number of hydrogen-bond acceptors (Lipinski definition) is 4. The Labute approximate surface area is 101 Å². The van der Waals surface area contributed by atoms with E-state index in [0.29, 0.717) is 11.3 Å². The zero-order valence-electron chi connectivity index (χ0n) is 10.5. The molecule has 0 atom stereocenters. The first-order valence-corrected chi connectivity index (χ1v) is 5.24. The van der Waals surface area contributed by atoms with Crippen LogP contribution in [0, 0.1) is 13.8 Å². The average molecular weight is 236 g/mol. The normalized spacial score (nSPS) is 9.88. The molecule has 0 heterocycles. The van der Waals surface area contributed by atoms with Crippen LogP contribution >= 0.6 is 0 Å². The molecule has 4 heteroatoms. The minimum absolute atomic E-state index is 0.184. The highest BCUT2D eigenvalue weighted by molar-refractivity contribution is 5.82. The number of benzene rings is 1. The molecular formula is C13H16O4. The molecule has 0 aliphatic rings. The van der Waals surface area contributed by atoms with Gasteiger partial charge < -0.3 is 9.47 Å². The van der Waals surface area contributed by atoms with Crippen LogP contribution in [0.15, 0.2) is 6.07 Å². The Morgan fingerprint density at radius 1 is 1.35 bits per heavy atom. The lowest BCUT2D eigenvalue weighted by molar-refractivity contribution is -0.139. The van der Waals surface area contributed by atoms with Crippen molar-refractivity contribution in [2.45, 2.75) is 20.3 Å². The molecule has 92 valence electrons. The van der Waals surface area contributed by atoms with Gasteiger partial charge in [-0.25, -0.2) is 0 Å². The van der Waals surface area contributed by atoms with Crippen LogP contribution < -0.4 is 4.74 Å². The molecule has 0 fully saturated rings. The highest BCUT2D eigenvalue weighted by atomic mass is 16.5. The molecule has 0 unspecified atom stereocenters. The summed E-state index contributed by atoms with van der Waals surface area (Å²) in [6.07, 6.45) is 0.935. The Kier molecular flexibility index (Phi) is 4.26. The maximum absolute atomic E-state index is 11.3. The maximum Gasteiger partial charge on any atom is 0.309 e. The van der Waals surface area contributed by atoms with E-state index in [4.69, 9.17) is 4.74 Å². The van der Waals surface area contributed by atoms with E-state index in [-0.39, 0.29) is 12.4 Å². The van der Waals surface area contributed by atoms with Crippen molar-refractivity contribution in [2.24, 2.45) is 0 Å². The lowest BCUT2D eigenvalue weighted by Crippen LogP contribution is -2.09. The average Bonchev–Trinajstić information content (AvgIpc) is 2.33. The Balaban J connectivity index is 3.31. The molecule has 0 aromatic heterocycles. The third-order valence-corrected chi connectivity index (χ3v) is 2.78. The topological polar surface area (TPSA) is 52.6 Å². The van der Waals surface area contributed by atoms with E-state index in [1.165, 1.54) is 14.2 Å². The molecule has 0 saturated heterocycles. The molecule has 0 amide bonds. The fourth-order valence-corrected chi connectivity index (χ4v) is 1.88. The number of carbonyl (C=O) groups is 2. The van der Waals surface area contributed by atoms with Crippen LogP contribution in [0.25, 0.3) is 0 Å². The van der Waals surface area contributed by atoms with E-state index in [1.54, 1.807) is 6.07 Å². The first kappa shape index (κ1) is 13.2. The SMILES string of the molecule is COC(=O)Cc1c(C)cc(C=O)c(OC)c1C. The zero-order valence-corrected chi connectivity index (χ0v) is 10.5. The van der Waals surface area contributed by atoms with E-state index in [2.05, 4.69) is 4.74 Å². The van der Waals surface area contributed by atoms with Crippen LogP contribution in [0.2, 0.25) is 0 Å². The highest BCUT2D eigenvalue weighted by Crippen LogP contribution is 2.28. The van der Waals surface area contributed by atoms with Gasteiger partial charge in [0.2, 0.25) is 0 Å². The summed E-state index contributed by atoms with van der Waals surface area (Å²) in [6, 6.07) is 1.72. The number of esters is 1. The second kappa shape index (κ2) is 5.48. The van der Waals surface area contributed by atoms with Crippen molar-refractivity contribution >= 4 is 12.3 Å². The number of hydrogen-bond donors (Lipinski definition) is 0. The molecule has 0 N–H and O–H groups in total. The molecule has 0 bridgehead atoms. The van der Waals surface area contributed by atoms with Gasteiger partial charge in [-0.3, -0.25) is 9.59 Å². The first-order chi connectivity index (χ1) is 8.04. The second-order valence-corrected chi connectivity index (χ2v) is 3.79. The van der Waals surface area contributed by atoms with Gasteiger partial charge in [0, 0.05) is 0 Å². The van der Waals surface area contributed by atoms with E-state index in [9.17, 15) is 9.59 Å². The van der Waals surface area contributed by atoms with Crippen LogP contribution in [0.1, 0.15) is 27.0 Å². The van der Waals surface area contributed by atoms with E-state index >= 15 is 0 Å². The van der Waals surface area contributed by atoms with Gasteiger partial charge in [-0.1, -0.05) is 0 Å². The summed E-state index contributed by atoms with van der Waals surface area (Å²) in [5.74, 6) is 0.210. The van der Waals surface area contributed by atoms with E-state index < -0.39 is 0 Å². The Hall–Kier alpha value is -1.84. The van der Waals surface area contributed by atoms with Crippen LogP contribution in [-0.4, -0.2) is 26.5 Å². The van der Waals surface area contributed by atoms with Gasteiger partial charge in [-0.15, -0.1) is 0 Å². The summed E-state index contributed by atoms with van der Waals surface area (Å²) < 4.78 is 9.84. The number of carbonyl (C=O) groups excluding carboxylic acids is 2. The van der Waals surface area contributed by atoms with Gasteiger partial charge in [0.25, 0.3) is 0 Å². The van der Waals surface area contributed by atoms with Crippen molar-refractivity contribution in [3.8, 4) is 5.75 Å². The standard InChI is InChI=1S/C13H16O4/c1-8-5-10(7-14)13(17-4)9(2)11(8)6-12(15)16-3/h5,7H,6H2,1-4H3. The number of aldehydes is 1. The number of ether oxygens (including phenoxy) is 2. The first-order valence-electron chi connectivity index (χ1n) is 5.24. The van der Waals surface area contributed by atoms with Crippen LogP contribution in [0.4, 0.5) is 0 Å². The number of methoxy groups -OCH3 is 2. The zero-order chi connectivity index (χ0) is 13.0. The second-order valence-electron chi connectivity index (χ2n) is 3.79. The van der Waals surface area contributed by atoms with Gasteiger partial charge >= 0.3 is 5.97 Å². The molecule has 0 saturated carbocycles. The van der Waals surface area contributed by atoms with Gasteiger partial charge in [0.05, 0.1) is 26.2 Å². The summed E-state index contributed by atoms with van der Waals surface area (Å²) in [5, 5.41) is 0. The maximum atomic E-state index is 11.3. The Morgan fingerprint density at radius 2 is 2.00 bits per heavy atom. The van der Waals surface area contributed by atoms with Gasteiger partial charge in [0.15, 0.2) is 6.29 Å². The molecule has 0 aliphatic carbocycles. The van der Waals surface area contributed by atoms with Crippen LogP contribution in [0.5, 0.6) is 5.75 Å². The van der Waals surface area contributed by atoms with E-state index in [0.717, 1.165) is 23.0 Å². The molecule has 1 rings (SSSR count). The smallest absolute Gasteiger partial charge is 0.309 e. The van der Waals surface area contributed by atoms with Crippen molar-refractivity contribution in [1.29, 1.82) is 0 Å². The minimum atomic E-state index is -0.308. The third-order valence-electron chi connectivity index (χ3n) is 2.78. The molecule has 4 nitrogen and oxygen atoms in total. The predicted molar refractivity (Wildman–Crippen MR) is 63.6 cm³/mol. The molecule has 1 aromatic carbocycles. The van der Waals surface area contributed by atoms with Crippen LogP contribution in [0.3, 0.4) is 0 Å². The lowest BCUT2D eigenvalue weighted by Gasteiger charge is -2.14. The molecular weight excluding hydrogens is 220 g/mol. The van der Waals surface area contributed by atoms with Gasteiger partial charge in [-0.05, 0) is 36.6 Å². The molecule has 0 aliphatic heterocycles. The van der Waals surface area contributed by atoms with E-state index in [1.807, 2.05) is 13.8 Å². The number of aryl methyl sites for hydroxylation is 1. The Morgan fingerprint density at radius 3 is 2.47 bits per heavy atom. The van der Waals surface area contributed by atoms with Gasteiger partial charge in [-0.2, -0.15) is 0 Å². The minimum Gasteiger partial charge on any atom is -0.496 e. The lowest BCUT2D eigenvalue weighted by atomic mass is 9.96. The fourth-order valence-electron chi connectivity index (χ4n) is 1.88. The quantitative estimate of drug-likeness (QED) is 0.591. The fraction of sp³-hybridized carbons (Fsp3) is 0.385. The van der Waals surface area contributed by atoms with Gasteiger partial charge in [0.1, 0.15) is 5.75 Å². The molecule has 0 radical (unpaired) electrons. The molecule has 0 spiro atoms. The summed E-state index contributed by atoms with van der Waals surface area (Å²) >= 11 is 0. The predicted octanol–water partition coefficient (Wildman–Crippen LogP) is 1.84. The third kappa shape index (κ3) is 2.64. The Bertz CT molecular complexity index is 449. The van der Waals surface area contributed by atoms with Crippen molar-refractivity contribution in [1.82, 2.24) is 0 Å². The summed E-state index contributed by atoms with van der Waals surface area (Å²) in [4.78, 5) is 22.2. The largest absolute Gasteiger partial charge is 0.496 e. The molecule has 17 heavy (non-hydrogen) atoms. The summed E-state index contributed by atoms with van der Waals surface area (Å²) in [5.41, 5.74) is 3.03.